The molecule has 0 aliphatic rings. The zero-order valence-electron chi connectivity index (χ0n) is 5.18. The Morgan fingerprint density at radius 2 is 2.38 bits per heavy atom. The summed E-state index contributed by atoms with van der Waals surface area (Å²) in [5.74, 6) is 2.48. The molecule has 0 saturated heterocycles. The van der Waals surface area contributed by atoms with Gasteiger partial charge in [0.1, 0.15) is 0 Å². The van der Waals surface area contributed by atoms with Gasteiger partial charge in [-0.2, -0.15) is 0 Å². The van der Waals surface area contributed by atoms with Crippen molar-refractivity contribution in [2.24, 2.45) is 4.99 Å². The predicted molar refractivity (Wildman–Crippen MR) is 37.6 cm³/mol. The zero-order valence-corrected chi connectivity index (χ0v) is 5.18. The third-order valence-corrected chi connectivity index (χ3v) is 0.472. The Bertz CT molecular complexity index is 163. The van der Waals surface area contributed by atoms with Crippen LogP contribution in [-0.4, -0.2) is 18.3 Å². The van der Waals surface area contributed by atoms with E-state index in [0.717, 1.165) is 5.71 Å². The molecule has 0 aliphatic carbocycles. The molecule has 0 fully saturated rings. The highest BCUT2D eigenvalue weighted by Gasteiger charge is 1.69. The molecular formula is C6H9N2+. The summed E-state index contributed by atoms with van der Waals surface area (Å²) in [6, 6.07) is 0. The summed E-state index contributed by atoms with van der Waals surface area (Å²) in [5.41, 5.74) is 0.987. The second-order valence-electron chi connectivity index (χ2n) is 1.49. The molecular weight excluding hydrogens is 100 g/mol. The van der Waals surface area contributed by atoms with E-state index < -0.39 is 0 Å². The van der Waals surface area contributed by atoms with Crippen LogP contribution in [0.4, 0.5) is 0 Å². The molecule has 2 nitrogen and oxygen atoms in total. The van der Waals surface area contributed by atoms with Crippen molar-refractivity contribution in [3.8, 4) is 0 Å². The van der Waals surface area contributed by atoms with Crippen molar-refractivity contribution in [2.45, 2.75) is 13.8 Å². The van der Waals surface area contributed by atoms with Crippen molar-refractivity contribution in [1.82, 2.24) is 4.67 Å². The van der Waals surface area contributed by atoms with Gasteiger partial charge >= 0.3 is 5.87 Å². The van der Waals surface area contributed by atoms with E-state index >= 15 is 0 Å². The standard InChI is InChI=1S/C6H9N2/c1-6(2)8-5-4-7-3/h5H,3H2,1-2H3/q+1. The maximum Gasteiger partial charge on any atom is 0.330 e. The number of aliphatic imine (C=N–C) groups is 1. The van der Waals surface area contributed by atoms with Crippen molar-refractivity contribution in [3.63, 3.8) is 0 Å². The fourth-order valence-electron chi connectivity index (χ4n) is 0.199. The highest BCUT2D eigenvalue weighted by molar-refractivity contribution is 5.80. The molecule has 0 aromatic heterocycles. The Balaban J connectivity index is 3.96. The van der Waals surface area contributed by atoms with Gasteiger partial charge < -0.3 is 0 Å². The Kier molecular flexibility index (Phi) is 3.51. The molecule has 2 heteroatoms. The number of hydrogen-bond donors (Lipinski definition) is 0. The van der Waals surface area contributed by atoms with Crippen molar-refractivity contribution >= 4 is 18.3 Å². The molecule has 0 saturated carbocycles. The van der Waals surface area contributed by atoms with Crippen LogP contribution in [0, 0.1) is 0 Å². The lowest BCUT2D eigenvalue weighted by molar-refractivity contribution is 1.52. The summed E-state index contributed by atoms with van der Waals surface area (Å²) in [7, 11) is 0. The molecule has 8 heavy (non-hydrogen) atoms. The minimum atomic E-state index is 0.987. The van der Waals surface area contributed by atoms with Crippen molar-refractivity contribution in [1.29, 1.82) is 0 Å². The van der Waals surface area contributed by atoms with E-state index in [1.54, 1.807) is 0 Å². The monoisotopic (exact) mass is 109 g/mol. The molecule has 42 valence electrons. The molecule has 0 unspecified atom stereocenters. The molecule has 0 bridgehead atoms. The van der Waals surface area contributed by atoms with Crippen molar-refractivity contribution in [3.05, 3.63) is 6.20 Å². The molecule has 0 heterocycles. The average molecular weight is 109 g/mol. The van der Waals surface area contributed by atoms with Crippen LogP contribution >= 0.6 is 0 Å². The van der Waals surface area contributed by atoms with Crippen LogP contribution < -0.4 is 4.67 Å². The molecule has 0 atom stereocenters. The summed E-state index contributed by atoms with van der Waals surface area (Å²) in [6.45, 7) is 7.00. The van der Waals surface area contributed by atoms with E-state index in [2.05, 4.69) is 22.2 Å². The second-order valence-corrected chi connectivity index (χ2v) is 1.49. The molecule has 0 aliphatic heterocycles. The third-order valence-electron chi connectivity index (χ3n) is 0.472. The summed E-state index contributed by atoms with van der Waals surface area (Å²) in [5, 5.41) is 0. The van der Waals surface area contributed by atoms with Gasteiger partial charge in [-0.1, -0.05) is 0 Å². The molecule has 0 amide bonds. The van der Waals surface area contributed by atoms with Gasteiger partial charge in [0.2, 0.25) is 0 Å². The number of rotatable bonds is 1. The van der Waals surface area contributed by atoms with E-state index in [0.29, 0.717) is 0 Å². The Hall–Kier alpha value is -1.10. The van der Waals surface area contributed by atoms with E-state index in [1.807, 2.05) is 13.8 Å². The van der Waals surface area contributed by atoms with Gasteiger partial charge in [0.15, 0.2) is 6.20 Å². The van der Waals surface area contributed by atoms with Crippen LogP contribution in [0.15, 0.2) is 11.2 Å². The summed E-state index contributed by atoms with van der Waals surface area (Å²) < 4.78 is 3.34. The molecule has 0 aromatic rings. The van der Waals surface area contributed by atoms with E-state index in [1.165, 1.54) is 6.20 Å². The van der Waals surface area contributed by atoms with Gasteiger partial charge in [0, 0.05) is 5.71 Å². The van der Waals surface area contributed by atoms with Crippen molar-refractivity contribution < 1.29 is 0 Å². The number of nitrogens with zero attached hydrogens (tertiary/aromatic N) is 2. The smallest absolute Gasteiger partial charge is 0.251 e. The van der Waals surface area contributed by atoms with Crippen LogP contribution in [0.2, 0.25) is 0 Å². The molecule has 0 N–H and O–H groups in total. The third kappa shape index (κ3) is 4.90. The van der Waals surface area contributed by atoms with Gasteiger partial charge in [-0.05, 0) is 18.5 Å². The normalized spacial score (nSPS) is 6.25. The quantitative estimate of drug-likeness (QED) is 0.344. The molecule has 0 rings (SSSR count). The van der Waals surface area contributed by atoms with Crippen LogP contribution in [0.3, 0.4) is 0 Å². The lowest BCUT2D eigenvalue weighted by Gasteiger charge is -1.74. The fraction of sp³-hybridized carbons (Fsp3) is 0.333. The van der Waals surface area contributed by atoms with Gasteiger partial charge in [-0.3, -0.25) is 4.99 Å². The molecule has 0 aromatic carbocycles. The van der Waals surface area contributed by atoms with E-state index in [4.69, 9.17) is 0 Å². The molecule has 0 spiro atoms. The van der Waals surface area contributed by atoms with Gasteiger partial charge in [-0.25, -0.2) is 0 Å². The highest BCUT2D eigenvalue weighted by atomic mass is 14.7. The average Bonchev–Trinajstić information content (AvgIpc) is 1.66. The topological polar surface area (TPSA) is 26.5 Å². The first-order valence-corrected chi connectivity index (χ1v) is 2.31. The van der Waals surface area contributed by atoms with Crippen LogP contribution in [0.5, 0.6) is 0 Å². The lowest BCUT2D eigenvalue weighted by Crippen LogP contribution is -1.75. The Morgan fingerprint density at radius 1 is 1.75 bits per heavy atom. The molecule has 0 radical (unpaired) electrons. The lowest BCUT2D eigenvalue weighted by atomic mass is 10.5. The Morgan fingerprint density at radius 3 is 2.75 bits per heavy atom. The zero-order chi connectivity index (χ0) is 6.41. The van der Waals surface area contributed by atoms with Crippen LogP contribution in [0.25, 0.3) is 0 Å². The maximum absolute atomic E-state index is 3.86. The Labute approximate surface area is 49.0 Å². The minimum Gasteiger partial charge on any atom is -0.251 e. The first-order chi connectivity index (χ1) is 3.77. The van der Waals surface area contributed by atoms with Crippen LogP contribution in [0.1, 0.15) is 13.8 Å². The maximum atomic E-state index is 3.86. The first kappa shape index (κ1) is 6.90. The highest BCUT2D eigenvalue weighted by Crippen LogP contribution is 1.70. The fourth-order valence-corrected chi connectivity index (χ4v) is 0.199. The van der Waals surface area contributed by atoms with Crippen molar-refractivity contribution in [2.75, 3.05) is 0 Å². The summed E-state index contributed by atoms with van der Waals surface area (Å²) >= 11 is 0. The van der Waals surface area contributed by atoms with Gasteiger partial charge in [-0.15, -0.1) is 0 Å². The summed E-state index contributed by atoms with van der Waals surface area (Å²) in [4.78, 5) is 3.86. The number of hydrogen-bond acceptors (Lipinski definition) is 1. The first-order valence-electron chi connectivity index (χ1n) is 2.31. The van der Waals surface area contributed by atoms with Gasteiger partial charge in [0.05, 0.1) is 0 Å². The summed E-state index contributed by atoms with van der Waals surface area (Å²) in [6.07, 6.45) is 1.49. The largest absolute Gasteiger partial charge is 0.330 e. The van der Waals surface area contributed by atoms with E-state index in [-0.39, 0.29) is 0 Å². The predicted octanol–water partition coefficient (Wildman–Crippen LogP) is 0.418. The van der Waals surface area contributed by atoms with Gasteiger partial charge in [0.25, 0.3) is 6.72 Å². The SMILES string of the molecule is C=[N+]=C=CN=C(C)C. The second kappa shape index (κ2) is 4.07. The van der Waals surface area contributed by atoms with E-state index in [9.17, 15) is 0 Å². The minimum absolute atomic E-state index is 0.987. The van der Waals surface area contributed by atoms with Crippen LogP contribution in [-0.2, 0) is 0 Å².